The second-order valence-electron chi connectivity index (χ2n) is 7.98. The molecule has 2 N–H and O–H groups in total. The summed E-state index contributed by atoms with van der Waals surface area (Å²) in [5, 5.41) is 6.44. The summed E-state index contributed by atoms with van der Waals surface area (Å²) in [6.07, 6.45) is 11.3. The van der Waals surface area contributed by atoms with Crippen molar-refractivity contribution in [2.75, 3.05) is 24.7 Å². The maximum absolute atomic E-state index is 12.6. The molecule has 0 saturated heterocycles. The van der Waals surface area contributed by atoms with E-state index in [-0.39, 0.29) is 36.5 Å². The molecule has 32 heavy (non-hydrogen) atoms. The number of unbranched alkanes of at least 4 members (excludes halogenated alkanes) is 2. The fourth-order valence-electron chi connectivity index (χ4n) is 2.72. The van der Waals surface area contributed by atoms with Crippen LogP contribution in [0.1, 0.15) is 79.1 Å². The lowest BCUT2D eigenvalue weighted by Gasteiger charge is -2.21. The van der Waals surface area contributed by atoms with Crippen LogP contribution in [0.5, 0.6) is 0 Å². The SMILES string of the molecule is C#CCOC(=O)CCCSSCC(NC(C)CC)C(=O)NCCCCCC(=O)C(C)CC. The van der Waals surface area contributed by atoms with Gasteiger partial charge in [-0.15, -0.1) is 6.42 Å². The van der Waals surface area contributed by atoms with E-state index < -0.39 is 0 Å². The zero-order chi connectivity index (χ0) is 24.2. The van der Waals surface area contributed by atoms with E-state index in [1.165, 1.54) is 0 Å². The minimum absolute atomic E-state index is 0.0203. The number of carbonyl (C=O) groups excluding carboxylic acids is 3. The van der Waals surface area contributed by atoms with Crippen molar-refractivity contribution in [1.29, 1.82) is 0 Å². The van der Waals surface area contributed by atoms with Crippen molar-refractivity contribution in [2.24, 2.45) is 5.92 Å². The predicted molar refractivity (Wildman–Crippen MR) is 137 cm³/mol. The number of hydrogen-bond donors (Lipinski definition) is 2. The summed E-state index contributed by atoms with van der Waals surface area (Å²) in [4.78, 5) is 35.9. The van der Waals surface area contributed by atoms with Crippen LogP contribution in [-0.4, -0.2) is 54.4 Å². The quantitative estimate of drug-likeness (QED) is 0.114. The molecule has 0 aliphatic rings. The van der Waals surface area contributed by atoms with Crippen LogP contribution in [0.3, 0.4) is 0 Å². The minimum atomic E-state index is -0.270. The van der Waals surface area contributed by atoms with Gasteiger partial charge in [-0.05, 0) is 39.0 Å². The monoisotopic (exact) mass is 486 g/mol. The van der Waals surface area contributed by atoms with Crippen molar-refractivity contribution in [3.8, 4) is 12.3 Å². The number of Topliss-reactive ketones (excluding diaryl/α,β-unsaturated/α-hetero) is 1. The first-order valence-electron chi connectivity index (χ1n) is 11.8. The number of ketones is 1. The number of hydrogen-bond acceptors (Lipinski definition) is 7. The second kappa shape index (κ2) is 20.4. The van der Waals surface area contributed by atoms with Crippen LogP contribution in [0.25, 0.3) is 0 Å². The summed E-state index contributed by atoms with van der Waals surface area (Å²) in [6.45, 7) is 8.85. The molecule has 0 bridgehead atoms. The van der Waals surface area contributed by atoms with Crippen LogP contribution in [-0.2, 0) is 19.1 Å². The summed E-state index contributed by atoms with van der Waals surface area (Å²) in [5.74, 6) is 3.99. The van der Waals surface area contributed by atoms with Gasteiger partial charge in [-0.1, -0.05) is 54.7 Å². The number of amides is 1. The van der Waals surface area contributed by atoms with Crippen LogP contribution in [0.4, 0.5) is 0 Å². The Bertz CT molecular complexity index is 581. The van der Waals surface area contributed by atoms with E-state index in [1.807, 2.05) is 13.8 Å². The lowest BCUT2D eigenvalue weighted by atomic mass is 9.99. The molecule has 0 saturated carbocycles. The Labute approximate surface area is 202 Å². The number of carbonyl (C=O) groups is 3. The van der Waals surface area contributed by atoms with Crippen molar-refractivity contribution in [3.05, 3.63) is 0 Å². The lowest BCUT2D eigenvalue weighted by molar-refractivity contribution is -0.142. The molecule has 6 nitrogen and oxygen atoms in total. The van der Waals surface area contributed by atoms with Gasteiger partial charge in [0.15, 0.2) is 6.61 Å². The maximum Gasteiger partial charge on any atom is 0.306 e. The van der Waals surface area contributed by atoms with Gasteiger partial charge in [0, 0.05) is 42.9 Å². The van der Waals surface area contributed by atoms with Crippen LogP contribution in [0.2, 0.25) is 0 Å². The molecule has 0 aliphatic heterocycles. The molecule has 0 radical (unpaired) electrons. The molecule has 0 aromatic carbocycles. The molecule has 1 amide bonds. The minimum Gasteiger partial charge on any atom is -0.452 e. The zero-order valence-corrected chi connectivity index (χ0v) is 21.9. The molecule has 0 aromatic heterocycles. The maximum atomic E-state index is 12.6. The Morgan fingerprint density at radius 2 is 1.75 bits per heavy atom. The fourth-order valence-corrected chi connectivity index (χ4v) is 4.98. The lowest BCUT2D eigenvalue weighted by Crippen LogP contribution is -2.49. The summed E-state index contributed by atoms with van der Waals surface area (Å²) in [6, 6.07) is 0.00358. The van der Waals surface area contributed by atoms with E-state index in [2.05, 4.69) is 30.4 Å². The van der Waals surface area contributed by atoms with Gasteiger partial charge in [0.2, 0.25) is 5.91 Å². The van der Waals surface area contributed by atoms with Gasteiger partial charge < -0.3 is 15.4 Å². The number of ether oxygens (including phenoxy) is 1. The van der Waals surface area contributed by atoms with Gasteiger partial charge in [-0.25, -0.2) is 0 Å². The van der Waals surface area contributed by atoms with Crippen LogP contribution >= 0.6 is 21.6 Å². The molecule has 0 fully saturated rings. The molecule has 0 spiro atoms. The average molecular weight is 487 g/mol. The van der Waals surface area contributed by atoms with Crippen molar-refractivity contribution >= 4 is 39.2 Å². The van der Waals surface area contributed by atoms with Crippen molar-refractivity contribution in [3.63, 3.8) is 0 Å². The summed E-state index contributed by atoms with van der Waals surface area (Å²) < 4.78 is 4.84. The molecule has 0 heterocycles. The molecule has 0 aliphatic carbocycles. The third-order valence-corrected chi connectivity index (χ3v) is 7.72. The third-order valence-electron chi connectivity index (χ3n) is 5.22. The molecular formula is C24H42N2O4S2. The van der Waals surface area contributed by atoms with Gasteiger partial charge in [0.1, 0.15) is 5.78 Å². The highest BCUT2D eigenvalue weighted by Gasteiger charge is 2.20. The first-order chi connectivity index (χ1) is 15.3. The van der Waals surface area contributed by atoms with Crippen LogP contribution in [0.15, 0.2) is 0 Å². The fraction of sp³-hybridized carbons (Fsp3) is 0.792. The van der Waals surface area contributed by atoms with E-state index in [1.54, 1.807) is 21.6 Å². The number of terminal acetylenes is 1. The molecule has 0 aromatic rings. The van der Waals surface area contributed by atoms with Gasteiger partial charge in [-0.3, -0.25) is 14.4 Å². The third kappa shape index (κ3) is 16.5. The van der Waals surface area contributed by atoms with Crippen LogP contribution < -0.4 is 10.6 Å². The van der Waals surface area contributed by atoms with Crippen molar-refractivity contribution in [1.82, 2.24) is 10.6 Å². The summed E-state index contributed by atoms with van der Waals surface area (Å²) >= 11 is 0. The number of esters is 1. The Morgan fingerprint density at radius 3 is 2.41 bits per heavy atom. The van der Waals surface area contributed by atoms with E-state index in [0.29, 0.717) is 30.9 Å². The van der Waals surface area contributed by atoms with E-state index in [9.17, 15) is 14.4 Å². The first-order valence-corrected chi connectivity index (χ1v) is 14.2. The van der Waals surface area contributed by atoms with Gasteiger partial charge in [0.25, 0.3) is 0 Å². The van der Waals surface area contributed by atoms with Gasteiger partial charge in [-0.2, -0.15) is 0 Å². The first kappa shape index (κ1) is 30.8. The molecular weight excluding hydrogens is 444 g/mol. The second-order valence-corrected chi connectivity index (χ2v) is 10.6. The van der Waals surface area contributed by atoms with E-state index in [0.717, 1.165) is 44.3 Å². The Kier molecular flexibility index (Phi) is 19.7. The van der Waals surface area contributed by atoms with Crippen LogP contribution in [0, 0.1) is 18.3 Å². The highest BCUT2D eigenvalue weighted by atomic mass is 33.1. The smallest absolute Gasteiger partial charge is 0.306 e. The number of nitrogens with one attached hydrogen (secondary N) is 2. The zero-order valence-electron chi connectivity index (χ0n) is 20.2. The topological polar surface area (TPSA) is 84.5 Å². The Balaban J connectivity index is 4.12. The highest BCUT2D eigenvalue weighted by Crippen LogP contribution is 2.23. The van der Waals surface area contributed by atoms with Gasteiger partial charge in [0.05, 0.1) is 6.04 Å². The van der Waals surface area contributed by atoms with Crippen molar-refractivity contribution < 1.29 is 19.1 Å². The standard InChI is InChI=1S/C24H42N2O4S2/c1-6-16-30-23(28)14-12-17-31-32-18-21(26-20(5)8-3)24(29)25-15-11-9-10-13-22(27)19(4)7-2/h1,19-21,26H,7-18H2,2-5H3,(H,25,29). The summed E-state index contributed by atoms with van der Waals surface area (Å²) in [7, 11) is 3.30. The Hall–Kier alpha value is -1.17. The van der Waals surface area contributed by atoms with E-state index >= 15 is 0 Å². The molecule has 8 heteroatoms. The number of rotatable bonds is 20. The largest absolute Gasteiger partial charge is 0.452 e. The Morgan fingerprint density at radius 1 is 1.00 bits per heavy atom. The van der Waals surface area contributed by atoms with Gasteiger partial charge >= 0.3 is 5.97 Å². The summed E-state index contributed by atoms with van der Waals surface area (Å²) in [5.41, 5.74) is 0. The predicted octanol–water partition coefficient (Wildman–Crippen LogP) is 4.37. The molecule has 3 atom stereocenters. The molecule has 184 valence electrons. The average Bonchev–Trinajstić information content (AvgIpc) is 2.79. The molecule has 0 rings (SSSR count). The highest BCUT2D eigenvalue weighted by molar-refractivity contribution is 8.76. The van der Waals surface area contributed by atoms with Crippen molar-refractivity contribution in [2.45, 2.75) is 91.1 Å². The molecule has 3 unspecified atom stereocenters. The van der Waals surface area contributed by atoms with E-state index in [4.69, 9.17) is 11.2 Å². The normalized spacial score (nSPS) is 13.6.